The van der Waals surface area contributed by atoms with Crippen LogP contribution < -0.4 is 10.2 Å². The smallest absolute Gasteiger partial charge is 0.475 e. The summed E-state index contributed by atoms with van der Waals surface area (Å²) in [5.74, 6) is -3.73. The third-order valence-electron chi connectivity index (χ3n) is 4.86. The maximum Gasteiger partial charge on any atom is 0.490 e. The van der Waals surface area contributed by atoms with Gasteiger partial charge in [0, 0.05) is 18.7 Å². The molecular weight excluding hydrogens is 416 g/mol. The molecular formula is C22H24F4N2O3. The Balaban J connectivity index is 0.000000423. The first-order valence-electron chi connectivity index (χ1n) is 9.84. The van der Waals surface area contributed by atoms with Gasteiger partial charge in [-0.2, -0.15) is 13.2 Å². The molecule has 1 aliphatic heterocycles. The molecule has 1 unspecified atom stereocenters. The fourth-order valence-corrected chi connectivity index (χ4v) is 3.34. The number of halogens is 4. The second kappa shape index (κ2) is 10.8. The van der Waals surface area contributed by atoms with E-state index < -0.39 is 18.1 Å². The number of amides is 1. The fourth-order valence-electron chi connectivity index (χ4n) is 3.34. The molecule has 168 valence electrons. The quantitative estimate of drug-likeness (QED) is 0.628. The molecule has 0 radical (unpaired) electrons. The minimum atomic E-state index is -5.08. The SMILES string of the molecule is CCC(C(=O)Nc1ccccc1N1CCCC1)c1ccccc1F.O=C(O)C(F)(F)F. The maximum absolute atomic E-state index is 14.1. The van der Waals surface area contributed by atoms with Gasteiger partial charge in [-0.3, -0.25) is 4.79 Å². The van der Waals surface area contributed by atoms with Crippen molar-refractivity contribution in [3.63, 3.8) is 0 Å². The number of alkyl halides is 3. The van der Waals surface area contributed by atoms with Crippen LogP contribution in [0.2, 0.25) is 0 Å². The van der Waals surface area contributed by atoms with E-state index in [0.717, 1.165) is 24.5 Å². The molecule has 1 fully saturated rings. The number of nitrogens with zero attached hydrogens (tertiary/aromatic N) is 1. The van der Waals surface area contributed by atoms with E-state index in [0.29, 0.717) is 12.0 Å². The zero-order valence-electron chi connectivity index (χ0n) is 17.0. The number of rotatable bonds is 5. The molecule has 1 aliphatic rings. The van der Waals surface area contributed by atoms with Gasteiger partial charge in [-0.15, -0.1) is 0 Å². The number of hydrogen-bond acceptors (Lipinski definition) is 3. The third-order valence-corrected chi connectivity index (χ3v) is 4.86. The van der Waals surface area contributed by atoms with E-state index in [-0.39, 0.29) is 11.7 Å². The lowest BCUT2D eigenvalue weighted by atomic mass is 9.95. The van der Waals surface area contributed by atoms with Gasteiger partial charge in [-0.1, -0.05) is 37.3 Å². The van der Waals surface area contributed by atoms with Crippen LogP contribution in [0.4, 0.5) is 28.9 Å². The number of carboxylic acid groups (broad SMARTS) is 1. The number of carbonyl (C=O) groups is 2. The Kier molecular flexibility index (Phi) is 8.41. The van der Waals surface area contributed by atoms with Crippen LogP contribution in [-0.4, -0.2) is 36.2 Å². The number of anilines is 2. The van der Waals surface area contributed by atoms with Crippen LogP contribution in [0.25, 0.3) is 0 Å². The Bertz CT molecular complexity index is 896. The van der Waals surface area contributed by atoms with Crippen LogP contribution in [0.5, 0.6) is 0 Å². The fraction of sp³-hybridized carbons (Fsp3) is 0.364. The van der Waals surface area contributed by atoms with Crippen LogP contribution in [-0.2, 0) is 9.59 Å². The van der Waals surface area contributed by atoms with Gasteiger partial charge in [-0.25, -0.2) is 9.18 Å². The van der Waals surface area contributed by atoms with E-state index in [4.69, 9.17) is 9.90 Å². The Morgan fingerprint density at radius 1 is 1.06 bits per heavy atom. The Morgan fingerprint density at radius 3 is 2.16 bits per heavy atom. The molecule has 1 saturated heterocycles. The summed E-state index contributed by atoms with van der Waals surface area (Å²) in [5, 5.41) is 10.1. The first-order chi connectivity index (χ1) is 14.6. The second-order valence-corrected chi connectivity index (χ2v) is 6.99. The van der Waals surface area contributed by atoms with Crippen LogP contribution >= 0.6 is 0 Å². The van der Waals surface area contributed by atoms with Crippen molar-refractivity contribution in [2.45, 2.75) is 38.3 Å². The molecule has 5 nitrogen and oxygen atoms in total. The van der Waals surface area contributed by atoms with E-state index in [1.807, 2.05) is 31.2 Å². The minimum Gasteiger partial charge on any atom is -0.475 e. The highest BCUT2D eigenvalue weighted by Gasteiger charge is 2.38. The van der Waals surface area contributed by atoms with Crippen molar-refractivity contribution in [3.8, 4) is 0 Å². The first kappa shape index (κ1) is 24.2. The number of para-hydroxylation sites is 2. The molecule has 1 amide bonds. The minimum absolute atomic E-state index is 0.158. The topological polar surface area (TPSA) is 69.6 Å². The van der Waals surface area contributed by atoms with Crippen LogP contribution in [0.3, 0.4) is 0 Å². The molecule has 2 N–H and O–H groups in total. The highest BCUT2D eigenvalue weighted by molar-refractivity contribution is 5.98. The van der Waals surface area contributed by atoms with Crippen molar-refractivity contribution >= 4 is 23.3 Å². The third kappa shape index (κ3) is 6.70. The molecule has 0 bridgehead atoms. The normalized spacial score (nSPS) is 14.4. The summed E-state index contributed by atoms with van der Waals surface area (Å²) in [4.78, 5) is 24.0. The van der Waals surface area contributed by atoms with Gasteiger partial charge < -0.3 is 15.3 Å². The van der Waals surface area contributed by atoms with Gasteiger partial charge in [0.2, 0.25) is 5.91 Å². The van der Waals surface area contributed by atoms with Crippen LogP contribution in [0.15, 0.2) is 48.5 Å². The number of hydrogen-bond donors (Lipinski definition) is 2. The van der Waals surface area contributed by atoms with E-state index in [1.54, 1.807) is 18.2 Å². The summed E-state index contributed by atoms with van der Waals surface area (Å²) in [6, 6.07) is 14.4. The van der Waals surface area contributed by atoms with Crippen molar-refractivity contribution in [3.05, 3.63) is 59.9 Å². The van der Waals surface area contributed by atoms with Crippen molar-refractivity contribution in [1.29, 1.82) is 0 Å². The Labute approximate surface area is 177 Å². The average molecular weight is 440 g/mol. The molecule has 0 aliphatic carbocycles. The molecule has 2 aromatic carbocycles. The Morgan fingerprint density at radius 2 is 1.61 bits per heavy atom. The monoisotopic (exact) mass is 440 g/mol. The van der Waals surface area contributed by atoms with Crippen LogP contribution in [0.1, 0.15) is 37.7 Å². The van der Waals surface area contributed by atoms with Crippen molar-refractivity contribution in [1.82, 2.24) is 0 Å². The van der Waals surface area contributed by atoms with Crippen molar-refractivity contribution < 1.29 is 32.3 Å². The number of nitrogens with one attached hydrogen (secondary N) is 1. The van der Waals surface area contributed by atoms with Gasteiger partial charge in [-0.05, 0) is 37.5 Å². The summed E-state index contributed by atoms with van der Waals surface area (Å²) in [5.41, 5.74) is 2.31. The van der Waals surface area contributed by atoms with Crippen molar-refractivity contribution in [2.75, 3.05) is 23.3 Å². The average Bonchev–Trinajstić information content (AvgIpc) is 3.25. The van der Waals surface area contributed by atoms with E-state index in [1.165, 1.54) is 18.9 Å². The zero-order chi connectivity index (χ0) is 23.0. The van der Waals surface area contributed by atoms with Gasteiger partial charge in [0.1, 0.15) is 5.82 Å². The molecule has 0 aromatic heterocycles. The molecule has 1 atom stereocenters. The van der Waals surface area contributed by atoms with Crippen LogP contribution in [0, 0.1) is 5.82 Å². The number of carbonyl (C=O) groups excluding carboxylic acids is 1. The zero-order valence-corrected chi connectivity index (χ0v) is 17.0. The number of aliphatic carboxylic acids is 1. The molecule has 0 spiro atoms. The summed E-state index contributed by atoms with van der Waals surface area (Å²) in [6.07, 6.45) is -2.18. The van der Waals surface area contributed by atoms with Gasteiger partial charge in [0.25, 0.3) is 0 Å². The molecule has 1 heterocycles. The number of carboxylic acids is 1. The van der Waals surface area contributed by atoms with E-state index in [2.05, 4.69) is 10.2 Å². The summed E-state index contributed by atoms with van der Waals surface area (Å²) >= 11 is 0. The first-order valence-corrected chi connectivity index (χ1v) is 9.84. The van der Waals surface area contributed by atoms with Crippen molar-refractivity contribution in [2.24, 2.45) is 0 Å². The van der Waals surface area contributed by atoms with Gasteiger partial charge in [0.15, 0.2) is 0 Å². The highest BCUT2D eigenvalue weighted by atomic mass is 19.4. The predicted octanol–water partition coefficient (Wildman–Crippen LogP) is 5.19. The van der Waals surface area contributed by atoms with E-state index >= 15 is 0 Å². The standard InChI is InChI=1S/C20H23FN2O.C2HF3O2/c1-2-15(16-9-3-4-10-17(16)21)20(24)22-18-11-5-6-12-19(18)23-13-7-8-14-23;3-2(4,5)1(6)7/h3-6,9-12,15H,2,7-8,13-14H2,1H3,(H,22,24);(H,6,7). The maximum atomic E-state index is 14.1. The largest absolute Gasteiger partial charge is 0.490 e. The molecule has 9 heteroatoms. The summed E-state index contributed by atoms with van der Waals surface area (Å²) < 4.78 is 45.8. The Hall–Kier alpha value is -3.10. The lowest BCUT2D eigenvalue weighted by Crippen LogP contribution is -2.24. The summed E-state index contributed by atoms with van der Waals surface area (Å²) in [6.45, 7) is 3.93. The lowest BCUT2D eigenvalue weighted by molar-refractivity contribution is -0.192. The number of benzene rings is 2. The summed E-state index contributed by atoms with van der Waals surface area (Å²) in [7, 11) is 0. The molecule has 2 aromatic rings. The predicted molar refractivity (Wildman–Crippen MR) is 110 cm³/mol. The highest BCUT2D eigenvalue weighted by Crippen LogP contribution is 2.31. The molecule has 3 rings (SSSR count). The van der Waals surface area contributed by atoms with E-state index in [9.17, 15) is 22.4 Å². The van der Waals surface area contributed by atoms with Gasteiger partial charge in [0.05, 0.1) is 17.3 Å². The second-order valence-electron chi connectivity index (χ2n) is 6.99. The molecule has 0 saturated carbocycles. The lowest BCUT2D eigenvalue weighted by Gasteiger charge is -2.23. The van der Waals surface area contributed by atoms with Gasteiger partial charge >= 0.3 is 12.1 Å². The molecule has 31 heavy (non-hydrogen) atoms.